The fraction of sp³-hybridized carbons (Fsp3) is 0.294. The molecular weight excluding hydrogens is 278 g/mol. The molecule has 1 N–H and O–H groups in total. The van der Waals surface area contributed by atoms with Gasteiger partial charge in [-0.1, -0.05) is 6.07 Å². The molecule has 5 nitrogen and oxygen atoms in total. The molecule has 1 saturated heterocycles. The number of aromatic nitrogens is 1. The lowest BCUT2D eigenvalue weighted by atomic mass is 10.2. The fourth-order valence-electron chi connectivity index (χ4n) is 2.73. The van der Waals surface area contributed by atoms with E-state index in [1.807, 2.05) is 30.3 Å². The van der Waals surface area contributed by atoms with E-state index in [0.717, 1.165) is 30.8 Å². The van der Waals surface area contributed by atoms with Gasteiger partial charge in [-0.25, -0.2) is 0 Å². The number of carbonyl (C=O) groups is 1. The molecule has 1 fully saturated rings. The van der Waals surface area contributed by atoms with Crippen LogP contribution in [0.25, 0.3) is 5.69 Å². The van der Waals surface area contributed by atoms with Crippen LogP contribution in [0.5, 0.6) is 0 Å². The molecule has 1 unspecified atom stereocenters. The van der Waals surface area contributed by atoms with Crippen LogP contribution < -0.4 is 15.8 Å². The van der Waals surface area contributed by atoms with E-state index in [-0.39, 0.29) is 17.5 Å². The maximum absolute atomic E-state index is 12.4. The van der Waals surface area contributed by atoms with E-state index in [1.165, 1.54) is 6.07 Å². The second kappa shape index (κ2) is 6.15. The van der Waals surface area contributed by atoms with Crippen molar-refractivity contribution in [3.63, 3.8) is 0 Å². The normalized spacial score (nSPS) is 17.4. The lowest BCUT2D eigenvalue weighted by Gasteiger charge is -2.21. The fourth-order valence-corrected chi connectivity index (χ4v) is 2.73. The zero-order valence-electron chi connectivity index (χ0n) is 12.5. The van der Waals surface area contributed by atoms with E-state index in [2.05, 4.69) is 5.32 Å². The van der Waals surface area contributed by atoms with E-state index in [9.17, 15) is 9.59 Å². The standard InChI is InChI=1S/C17H19N3O2/c1-19(17(22)15-5-4-11-18-15)13-7-9-14(10-8-13)20-12-3-2-6-16(20)21/h2-3,6-10,12,15,18H,4-5,11H2,1H3. The van der Waals surface area contributed by atoms with Gasteiger partial charge < -0.3 is 10.2 Å². The van der Waals surface area contributed by atoms with E-state index < -0.39 is 0 Å². The third kappa shape index (κ3) is 2.80. The molecule has 0 bridgehead atoms. The van der Waals surface area contributed by atoms with Gasteiger partial charge in [0.25, 0.3) is 5.56 Å². The van der Waals surface area contributed by atoms with E-state index in [4.69, 9.17) is 0 Å². The molecule has 1 aromatic heterocycles. The number of benzene rings is 1. The SMILES string of the molecule is CN(C(=O)C1CCCN1)c1ccc(-n2ccccc2=O)cc1. The Morgan fingerprint density at radius 2 is 2.00 bits per heavy atom. The summed E-state index contributed by atoms with van der Waals surface area (Å²) in [5.41, 5.74) is 1.54. The van der Waals surface area contributed by atoms with Gasteiger partial charge in [0.1, 0.15) is 0 Å². The van der Waals surface area contributed by atoms with Crippen molar-refractivity contribution < 1.29 is 4.79 Å². The number of hydrogen-bond acceptors (Lipinski definition) is 3. The zero-order valence-corrected chi connectivity index (χ0v) is 12.5. The first-order valence-electron chi connectivity index (χ1n) is 7.46. The molecule has 1 aromatic carbocycles. The lowest BCUT2D eigenvalue weighted by molar-refractivity contribution is -0.119. The van der Waals surface area contributed by atoms with Crippen LogP contribution in [0.15, 0.2) is 53.5 Å². The monoisotopic (exact) mass is 297 g/mol. The number of carbonyl (C=O) groups excluding carboxylic acids is 1. The molecule has 0 spiro atoms. The Morgan fingerprint density at radius 1 is 1.23 bits per heavy atom. The third-order valence-corrected chi connectivity index (χ3v) is 4.03. The molecule has 1 aliphatic rings. The van der Waals surface area contributed by atoms with Gasteiger partial charge in [0.2, 0.25) is 5.91 Å². The predicted octanol–water partition coefficient (Wildman–Crippen LogP) is 1.55. The van der Waals surface area contributed by atoms with E-state index in [0.29, 0.717) is 0 Å². The van der Waals surface area contributed by atoms with Crippen LogP contribution in [-0.4, -0.2) is 30.1 Å². The number of anilines is 1. The number of nitrogens with one attached hydrogen (secondary N) is 1. The van der Waals surface area contributed by atoms with Gasteiger partial charge in [-0.3, -0.25) is 14.2 Å². The highest BCUT2D eigenvalue weighted by Crippen LogP contribution is 2.18. The molecule has 2 aromatic rings. The maximum Gasteiger partial charge on any atom is 0.255 e. The van der Waals surface area contributed by atoms with Gasteiger partial charge in [-0.2, -0.15) is 0 Å². The van der Waals surface area contributed by atoms with Crippen LogP contribution in [0.1, 0.15) is 12.8 Å². The summed E-state index contributed by atoms with van der Waals surface area (Å²) in [4.78, 5) is 25.8. The molecule has 2 heterocycles. The Morgan fingerprint density at radius 3 is 2.64 bits per heavy atom. The minimum Gasteiger partial charge on any atom is -0.314 e. The highest BCUT2D eigenvalue weighted by molar-refractivity contribution is 5.96. The number of hydrogen-bond donors (Lipinski definition) is 1. The highest BCUT2D eigenvalue weighted by Gasteiger charge is 2.25. The van der Waals surface area contributed by atoms with Gasteiger partial charge in [0, 0.05) is 30.7 Å². The highest BCUT2D eigenvalue weighted by atomic mass is 16.2. The van der Waals surface area contributed by atoms with Gasteiger partial charge in [-0.15, -0.1) is 0 Å². The topological polar surface area (TPSA) is 54.3 Å². The summed E-state index contributed by atoms with van der Waals surface area (Å²) in [5.74, 6) is 0.0853. The second-order valence-electron chi connectivity index (χ2n) is 5.47. The molecule has 0 saturated carbocycles. The molecule has 1 aliphatic heterocycles. The first-order valence-corrected chi connectivity index (χ1v) is 7.46. The van der Waals surface area contributed by atoms with Crippen LogP contribution in [-0.2, 0) is 4.79 Å². The number of rotatable bonds is 3. The minimum absolute atomic E-state index is 0.0742. The Balaban J connectivity index is 1.80. The molecule has 1 atom stereocenters. The molecular formula is C17H19N3O2. The molecule has 1 amide bonds. The van der Waals surface area contributed by atoms with Gasteiger partial charge in [-0.05, 0) is 49.7 Å². The van der Waals surface area contributed by atoms with E-state index >= 15 is 0 Å². The lowest BCUT2D eigenvalue weighted by Crippen LogP contribution is -2.41. The van der Waals surface area contributed by atoms with Crippen molar-refractivity contribution in [2.75, 3.05) is 18.5 Å². The van der Waals surface area contributed by atoms with Crippen LogP contribution >= 0.6 is 0 Å². The summed E-state index contributed by atoms with van der Waals surface area (Å²) in [6.07, 6.45) is 3.66. The first kappa shape index (κ1) is 14.5. The molecule has 114 valence electrons. The molecule has 0 aliphatic carbocycles. The molecule has 0 radical (unpaired) electrons. The Kier molecular flexibility index (Phi) is 4.06. The molecule has 5 heteroatoms. The van der Waals surface area contributed by atoms with Gasteiger partial charge in [0.05, 0.1) is 6.04 Å². The molecule has 3 rings (SSSR count). The average molecular weight is 297 g/mol. The summed E-state index contributed by atoms with van der Waals surface area (Å²) in [6, 6.07) is 12.4. The maximum atomic E-state index is 12.4. The van der Waals surface area contributed by atoms with Crippen LogP contribution in [0.2, 0.25) is 0 Å². The predicted molar refractivity (Wildman–Crippen MR) is 86.5 cm³/mol. The summed E-state index contributed by atoms with van der Waals surface area (Å²) < 4.78 is 1.57. The number of nitrogens with zero attached hydrogens (tertiary/aromatic N) is 2. The summed E-state index contributed by atoms with van der Waals surface area (Å²) in [6.45, 7) is 0.903. The number of pyridine rings is 1. The van der Waals surface area contributed by atoms with Crippen LogP contribution in [0.3, 0.4) is 0 Å². The van der Waals surface area contributed by atoms with Crippen molar-refractivity contribution in [3.05, 3.63) is 59.0 Å². The average Bonchev–Trinajstić information content (AvgIpc) is 3.09. The largest absolute Gasteiger partial charge is 0.314 e. The van der Waals surface area contributed by atoms with Crippen LogP contribution in [0, 0.1) is 0 Å². The van der Waals surface area contributed by atoms with Gasteiger partial charge >= 0.3 is 0 Å². The van der Waals surface area contributed by atoms with Crippen molar-refractivity contribution in [1.82, 2.24) is 9.88 Å². The summed E-state index contributed by atoms with van der Waals surface area (Å²) in [5, 5.41) is 3.22. The second-order valence-corrected chi connectivity index (χ2v) is 5.47. The van der Waals surface area contributed by atoms with Gasteiger partial charge in [0.15, 0.2) is 0 Å². The molecule has 22 heavy (non-hydrogen) atoms. The Labute approximate surface area is 129 Å². The van der Waals surface area contributed by atoms with Crippen molar-refractivity contribution in [3.8, 4) is 5.69 Å². The number of likely N-dealkylation sites (N-methyl/N-ethyl adjacent to an activating group) is 1. The summed E-state index contributed by atoms with van der Waals surface area (Å²) in [7, 11) is 1.78. The van der Waals surface area contributed by atoms with Crippen molar-refractivity contribution in [1.29, 1.82) is 0 Å². The Bertz CT molecular complexity index is 715. The van der Waals surface area contributed by atoms with Crippen molar-refractivity contribution >= 4 is 11.6 Å². The first-order chi connectivity index (χ1) is 10.7. The number of amides is 1. The minimum atomic E-state index is -0.0820. The van der Waals surface area contributed by atoms with E-state index in [1.54, 1.807) is 28.8 Å². The summed E-state index contributed by atoms with van der Waals surface area (Å²) >= 11 is 0. The smallest absolute Gasteiger partial charge is 0.255 e. The zero-order chi connectivity index (χ0) is 15.5. The quantitative estimate of drug-likeness (QED) is 0.935. The third-order valence-electron chi connectivity index (χ3n) is 4.03. The van der Waals surface area contributed by atoms with Crippen molar-refractivity contribution in [2.24, 2.45) is 0 Å². The van der Waals surface area contributed by atoms with Crippen molar-refractivity contribution in [2.45, 2.75) is 18.9 Å². The Hall–Kier alpha value is -2.40. The van der Waals surface area contributed by atoms with Crippen LogP contribution in [0.4, 0.5) is 5.69 Å².